The van der Waals surface area contributed by atoms with Gasteiger partial charge in [-0.05, 0) is 35.9 Å². The minimum atomic E-state index is -4.47. The molecule has 26 heavy (non-hydrogen) atoms. The van der Waals surface area contributed by atoms with Gasteiger partial charge in [0.25, 0.3) is 5.91 Å². The molecule has 5 nitrogen and oxygen atoms in total. The summed E-state index contributed by atoms with van der Waals surface area (Å²) >= 11 is 0. The van der Waals surface area contributed by atoms with Crippen LogP contribution < -0.4 is 10.9 Å². The van der Waals surface area contributed by atoms with E-state index in [2.05, 4.69) is 15.8 Å². The number of fused-ring (bicyclic) bond motifs is 1. The molecule has 0 bridgehead atoms. The van der Waals surface area contributed by atoms with E-state index in [0.717, 1.165) is 40.7 Å². The molecule has 3 N–H and O–H groups in total. The third-order valence-corrected chi connectivity index (χ3v) is 3.82. The Hall–Kier alpha value is -3.29. The van der Waals surface area contributed by atoms with Crippen LogP contribution in [0, 0.1) is 0 Å². The number of para-hydroxylation sites is 1. The van der Waals surface area contributed by atoms with E-state index in [0.29, 0.717) is 0 Å². The number of hydrogen-bond acceptors (Lipinski definition) is 2. The molecular formula is C18H14F3N3O2. The molecule has 0 aliphatic rings. The molecule has 1 aromatic heterocycles. The number of halogens is 3. The highest BCUT2D eigenvalue weighted by molar-refractivity contribution is 5.96. The summed E-state index contributed by atoms with van der Waals surface area (Å²) in [6.07, 6.45) is -2.72. The van der Waals surface area contributed by atoms with Gasteiger partial charge in [-0.3, -0.25) is 20.4 Å². The molecule has 3 aromatic rings. The highest BCUT2D eigenvalue weighted by Gasteiger charge is 2.30. The van der Waals surface area contributed by atoms with Crippen molar-refractivity contribution in [3.05, 3.63) is 71.4 Å². The molecule has 0 aliphatic carbocycles. The molecule has 0 radical (unpaired) electrons. The maximum absolute atomic E-state index is 12.5. The molecule has 3 rings (SSSR count). The van der Waals surface area contributed by atoms with E-state index < -0.39 is 23.6 Å². The van der Waals surface area contributed by atoms with Gasteiger partial charge < -0.3 is 4.98 Å². The maximum atomic E-state index is 12.5. The first kappa shape index (κ1) is 17.5. The Morgan fingerprint density at radius 2 is 1.65 bits per heavy atom. The van der Waals surface area contributed by atoms with Crippen LogP contribution in [0.3, 0.4) is 0 Å². The number of carbonyl (C=O) groups excluding carboxylic acids is 2. The van der Waals surface area contributed by atoms with Crippen molar-refractivity contribution in [2.75, 3.05) is 0 Å². The second kappa shape index (κ2) is 6.91. The number of amides is 2. The maximum Gasteiger partial charge on any atom is 0.416 e. The molecule has 8 heteroatoms. The number of benzene rings is 2. The van der Waals surface area contributed by atoms with Crippen molar-refractivity contribution in [3.63, 3.8) is 0 Å². The average Bonchev–Trinajstić information content (AvgIpc) is 3.02. The van der Waals surface area contributed by atoms with E-state index in [4.69, 9.17) is 0 Å². The van der Waals surface area contributed by atoms with Crippen LogP contribution >= 0.6 is 0 Å². The van der Waals surface area contributed by atoms with Gasteiger partial charge in [-0.1, -0.05) is 18.2 Å². The second-order valence-electron chi connectivity index (χ2n) is 5.61. The van der Waals surface area contributed by atoms with Gasteiger partial charge in [0.15, 0.2) is 0 Å². The third-order valence-electron chi connectivity index (χ3n) is 3.82. The Morgan fingerprint density at radius 3 is 2.35 bits per heavy atom. The van der Waals surface area contributed by atoms with Crippen molar-refractivity contribution in [3.8, 4) is 0 Å². The zero-order chi connectivity index (χ0) is 18.7. The molecule has 2 amide bonds. The van der Waals surface area contributed by atoms with Gasteiger partial charge in [-0.25, -0.2) is 0 Å². The van der Waals surface area contributed by atoms with Gasteiger partial charge in [0.1, 0.15) is 0 Å². The van der Waals surface area contributed by atoms with Crippen molar-refractivity contribution in [2.45, 2.75) is 12.6 Å². The number of hydrogen-bond donors (Lipinski definition) is 3. The summed E-state index contributed by atoms with van der Waals surface area (Å²) in [6.45, 7) is 0. The summed E-state index contributed by atoms with van der Waals surface area (Å²) in [5, 5.41) is 0.900. The lowest BCUT2D eigenvalue weighted by Gasteiger charge is -2.09. The van der Waals surface area contributed by atoms with E-state index in [1.165, 1.54) is 0 Å². The summed E-state index contributed by atoms with van der Waals surface area (Å²) in [7, 11) is 0. The predicted octanol–water partition coefficient (Wildman–Crippen LogP) is 3.19. The van der Waals surface area contributed by atoms with E-state index in [9.17, 15) is 22.8 Å². The number of rotatable bonds is 3. The molecule has 1 heterocycles. The lowest BCUT2D eigenvalue weighted by atomic mass is 10.1. The van der Waals surface area contributed by atoms with Crippen LogP contribution in [-0.4, -0.2) is 16.8 Å². The number of aromatic nitrogens is 1. The fourth-order valence-electron chi connectivity index (χ4n) is 2.50. The smallest absolute Gasteiger partial charge is 0.361 e. The minimum Gasteiger partial charge on any atom is -0.361 e. The fourth-order valence-corrected chi connectivity index (χ4v) is 2.50. The van der Waals surface area contributed by atoms with Crippen LogP contribution in [0.1, 0.15) is 21.5 Å². The first-order valence-corrected chi connectivity index (χ1v) is 7.66. The van der Waals surface area contributed by atoms with Gasteiger partial charge >= 0.3 is 6.18 Å². The molecule has 0 aliphatic heterocycles. The van der Waals surface area contributed by atoms with Crippen molar-refractivity contribution < 1.29 is 22.8 Å². The van der Waals surface area contributed by atoms with Crippen molar-refractivity contribution in [2.24, 2.45) is 0 Å². The second-order valence-corrected chi connectivity index (χ2v) is 5.61. The van der Waals surface area contributed by atoms with Crippen LogP contribution in [0.2, 0.25) is 0 Å². The number of H-pyrrole nitrogens is 1. The number of hydrazine groups is 1. The van der Waals surface area contributed by atoms with Crippen LogP contribution in [0.5, 0.6) is 0 Å². The van der Waals surface area contributed by atoms with E-state index >= 15 is 0 Å². The lowest BCUT2D eigenvalue weighted by Crippen LogP contribution is -2.42. The topological polar surface area (TPSA) is 74.0 Å². The largest absolute Gasteiger partial charge is 0.416 e. The Labute approximate surface area is 146 Å². The molecule has 0 fully saturated rings. The fraction of sp³-hybridized carbons (Fsp3) is 0.111. The first-order chi connectivity index (χ1) is 12.3. The van der Waals surface area contributed by atoms with Crippen molar-refractivity contribution in [1.82, 2.24) is 15.8 Å². The minimum absolute atomic E-state index is 0.00499. The Morgan fingerprint density at radius 1 is 0.962 bits per heavy atom. The number of carbonyl (C=O) groups is 2. The molecule has 0 atom stereocenters. The molecule has 0 saturated heterocycles. The first-order valence-electron chi connectivity index (χ1n) is 7.66. The summed E-state index contributed by atoms with van der Waals surface area (Å²) < 4.78 is 37.5. The van der Waals surface area contributed by atoms with Gasteiger partial charge in [0, 0.05) is 22.7 Å². The van der Waals surface area contributed by atoms with E-state index in [1.54, 1.807) is 6.20 Å². The highest BCUT2D eigenvalue weighted by Crippen LogP contribution is 2.29. The number of alkyl halides is 3. The Bertz CT molecular complexity index is 946. The normalized spacial score (nSPS) is 11.3. The van der Waals surface area contributed by atoms with Crippen LogP contribution in [0.15, 0.2) is 54.7 Å². The molecule has 0 saturated carbocycles. The third kappa shape index (κ3) is 3.85. The SMILES string of the molecule is O=C(Cc1c[nH]c2ccccc12)NNC(=O)c1ccc(C(F)(F)F)cc1. The molecule has 0 spiro atoms. The molecule has 0 unspecified atom stereocenters. The standard InChI is InChI=1S/C18H14F3N3O2/c19-18(20,21)13-7-5-11(6-8-13)17(26)24-23-16(25)9-12-10-22-15-4-2-1-3-14(12)15/h1-8,10,22H,9H2,(H,23,25)(H,24,26). The van der Waals surface area contributed by atoms with Crippen molar-refractivity contribution >= 4 is 22.7 Å². The average molecular weight is 361 g/mol. The predicted molar refractivity (Wildman–Crippen MR) is 89.1 cm³/mol. The summed E-state index contributed by atoms with van der Waals surface area (Å²) in [5.41, 5.74) is 5.26. The number of aromatic amines is 1. The quantitative estimate of drug-likeness (QED) is 0.627. The Balaban J connectivity index is 1.58. The Kier molecular flexibility index (Phi) is 4.66. The number of nitrogens with one attached hydrogen (secondary N) is 3. The summed E-state index contributed by atoms with van der Waals surface area (Å²) in [6, 6.07) is 11.2. The van der Waals surface area contributed by atoms with E-state index in [1.807, 2.05) is 24.3 Å². The van der Waals surface area contributed by atoms with Crippen LogP contribution in [-0.2, 0) is 17.4 Å². The summed E-state index contributed by atoms with van der Waals surface area (Å²) in [5.74, 6) is -1.15. The zero-order valence-electron chi connectivity index (χ0n) is 13.4. The monoisotopic (exact) mass is 361 g/mol. The van der Waals surface area contributed by atoms with Gasteiger partial charge in [0.05, 0.1) is 12.0 Å². The molecule has 134 valence electrons. The summed E-state index contributed by atoms with van der Waals surface area (Å²) in [4.78, 5) is 26.9. The zero-order valence-corrected chi connectivity index (χ0v) is 13.4. The van der Waals surface area contributed by atoms with Crippen LogP contribution in [0.25, 0.3) is 10.9 Å². The van der Waals surface area contributed by atoms with Crippen LogP contribution in [0.4, 0.5) is 13.2 Å². The molecular weight excluding hydrogens is 347 g/mol. The van der Waals surface area contributed by atoms with E-state index in [-0.39, 0.29) is 12.0 Å². The lowest BCUT2D eigenvalue weighted by molar-refractivity contribution is -0.137. The van der Waals surface area contributed by atoms with Gasteiger partial charge in [-0.15, -0.1) is 0 Å². The molecule has 2 aromatic carbocycles. The van der Waals surface area contributed by atoms with Gasteiger partial charge in [0.2, 0.25) is 5.91 Å². The van der Waals surface area contributed by atoms with Gasteiger partial charge in [-0.2, -0.15) is 13.2 Å². The van der Waals surface area contributed by atoms with Crippen molar-refractivity contribution in [1.29, 1.82) is 0 Å². The highest BCUT2D eigenvalue weighted by atomic mass is 19.4.